The third-order valence-corrected chi connectivity index (χ3v) is 3.43. The van der Waals surface area contributed by atoms with Gasteiger partial charge in [-0.15, -0.1) is 0 Å². The molecule has 2 aromatic rings. The Morgan fingerprint density at radius 3 is 2.38 bits per heavy atom. The Bertz CT molecular complexity index is 649. The minimum Gasteiger partial charge on any atom is -0.374 e. The first kappa shape index (κ1) is 15.1. The van der Waals surface area contributed by atoms with E-state index in [1.807, 2.05) is 64.1 Å². The Kier molecular flexibility index (Phi) is 4.63. The van der Waals surface area contributed by atoms with Crippen molar-refractivity contribution in [3.8, 4) is 0 Å². The van der Waals surface area contributed by atoms with Gasteiger partial charge in [-0.1, -0.05) is 29.8 Å². The van der Waals surface area contributed by atoms with Crippen molar-refractivity contribution in [1.29, 1.82) is 0 Å². The fraction of sp³-hybridized carbons (Fsp3) is 0.278. The molecule has 110 valence electrons. The van der Waals surface area contributed by atoms with Crippen LogP contribution in [0.4, 0.5) is 11.4 Å². The fourth-order valence-corrected chi connectivity index (χ4v) is 2.25. The highest BCUT2D eigenvalue weighted by Crippen LogP contribution is 2.17. The van der Waals surface area contributed by atoms with Crippen LogP contribution in [0.3, 0.4) is 0 Å². The SMILES string of the molecule is Cc1cccc(NC(C)C(=O)Nc2ccc(C)cc2C)c1. The summed E-state index contributed by atoms with van der Waals surface area (Å²) in [5.41, 5.74) is 5.26. The van der Waals surface area contributed by atoms with Crippen LogP contribution in [-0.4, -0.2) is 11.9 Å². The topological polar surface area (TPSA) is 41.1 Å². The van der Waals surface area contributed by atoms with E-state index in [1.54, 1.807) is 0 Å². The number of aryl methyl sites for hydroxylation is 3. The molecule has 0 aliphatic heterocycles. The Morgan fingerprint density at radius 1 is 1.00 bits per heavy atom. The summed E-state index contributed by atoms with van der Waals surface area (Å²) in [4.78, 5) is 12.3. The zero-order valence-corrected chi connectivity index (χ0v) is 13.0. The summed E-state index contributed by atoms with van der Waals surface area (Å²) in [6.07, 6.45) is 0. The second kappa shape index (κ2) is 6.44. The van der Waals surface area contributed by atoms with Gasteiger partial charge in [-0.2, -0.15) is 0 Å². The van der Waals surface area contributed by atoms with Gasteiger partial charge in [-0.25, -0.2) is 0 Å². The van der Waals surface area contributed by atoms with Gasteiger partial charge in [0, 0.05) is 11.4 Å². The van der Waals surface area contributed by atoms with E-state index in [-0.39, 0.29) is 11.9 Å². The first-order valence-electron chi connectivity index (χ1n) is 7.17. The maximum Gasteiger partial charge on any atom is 0.246 e. The van der Waals surface area contributed by atoms with E-state index >= 15 is 0 Å². The molecule has 0 aliphatic carbocycles. The van der Waals surface area contributed by atoms with Gasteiger partial charge in [0.15, 0.2) is 0 Å². The van der Waals surface area contributed by atoms with E-state index in [1.165, 1.54) is 11.1 Å². The third-order valence-electron chi connectivity index (χ3n) is 3.43. The molecule has 0 fully saturated rings. The number of amides is 1. The number of hydrogen-bond donors (Lipinski definition) is 2. The van der Waals surface area contributed by atoms with E-state index in [0.29, 0.717) is 0 Å². The molecule has 3 nitrogen and oxygen atoms in total. The lowest BCUT2D eigenvalue weighted by molar-refractivity contribution is -0.116. The van der Waals surface area contributed by atoms with Crippen LogP contribution in [0, 0.1) is 20.8 Å². The Hall–Kier alpha value is -2.29. The van der Waals surface area contributed by atoms with Crippen LogP contribution >= 0.6 is 0 Å². The first-order chi connectivity index (χ1) is 9.95. The van der Waals surface area contributed by atoms with E-state index in [2.05, 4.69) is 16.7 Å². The predicted molar refractivity (Wildman–Crippen MR) is 88.8 cm³/mol. The number of hydrogen-bond acceptors (Lipinski definition) is 2. The molecule has 0 heterocycles. The molecule has 0 saturated carbocycles. The number of benzene rings is 2. The molecule has 0 aliphatic rings. The molecule has 0 bridgehead atoms. The van der Waals surface area contributed by atoms with Gasteiger partial charge in [0.05, 0.1) is 0 Å². The maximum absolute atomic E-state index is 12.3. The Morgan fingerprint density at radius 2 is 1.71 bits per heavy atom. The van der Waals surface area contributed by atoms with Gasteiger partial charge in [0.2, 0.25) is 5.91 Å². The van der Waals surface area contributed by atoms with Crippen LogP contribution < -0.4 is 10.6 Å². The van der Waals surface area contributed by atoms with Gasteiger partial charge >= 0.3 is 0 Å². The van der Waals surface area contributed by atoms with Crippen LogP contribution in [-0.2, 0) is 4.79 Å². The summed E-state index contributed by atoms with van der Waals surface area (Å²) in [6.45, 7) is 7.94. The molecule has 3 heteroatoms. The third kappa shape index (κ3) is 4.09. The fourth-order valence-electron chi connectivity index (χ4n) is 2.25. The van der Waals surface area contributed by atoms with Crippen LogP contribution in [0.15, 0.2) is 42.5 Å². The Balaban J connectivity index is 2.02. The highest BCUT2D eigenvalue weighted by atomic mass is 16.2. The molecule has 2 N–H and O–H groups in total. The molecular weight excluding hydrogens is 260 g/mol. The molecule has 0 radical (unpaired) electrons. The zero-order valence-electron chi connectivity index (χ0n) is 13.0. The standard InChI is InChI=1S/C18H22N2O/c1-12-6-5-7-16(11-12)19-15(4)18(21)20-17-9-8-13(2)10-14(17)3/h5-11,15,19H,1-4H3,(H,20,21). The van der Waals surface area contributed by atoms with Gasteiger partial charge in [0.25, 0.3) is 0 Å². The summed E-state index contributed by atoms with van der Waals surface area (Å²) in [7, 11) is 0. The van der Waals surface area contributed by atoms with Gasteiger partial charge in [-0.05, 0) is 57.0 Å². The summed E-state index contributed by atoms with van der Waals surface area (Å²) >= 11 is 0. The lowest BCUT2D eigenvalue weighted by atomic mass is 10.1. The van der Waals surface area contributed by atoms with Crippen molar-refractivity contribution >= 4 is 17.3 Å². The van der Waals surface area contributed by atoms with Crippen LogP contribution in [0.2, 0.25) is 0 Å². The summed E-state index contributed by atoms with van der Waals surface area (Å²) in [5.74, 6) is -0.0385. The largest absolute Gasteiger partial charge is 0.374 e. The van der Waals surface area contributed by atoms with Crippen molar-refractivity contribution in [2.75, 3.05) is 10.6 Å². The number of anilines is 2. The van der Waals surface area contributed by atoms with Crippen molar-refractivity contribution in [2.24, 2.45) is 0 Å². The lowest BCUT2D eigenvalue weighted by Gasteiger charge is -2.17. The minimum absolute atomic E-state index is 0.0385. The molecule has 2 rings (SSSR count). The molecular formula is C18H22N2O. The van der Waals surface area contributed by atoms with Crippen molar-refractivity contribution in [2.45, 2.75) is 33.7 Å². The van der Waals surface area contributed by atoms with Crippen molar-refractivity contribution in [3.63, 3.8) is 0 Å². The molecule has 1 unspecified atom stereocenters. The number of nitrogens with one attached hydrogen (secondary N) is 2. The zero-order chi connectivity index (χ0) is 15.4. The summed E-state index contributed by atoms with van der Waals surface area (Å²) < 4.78 is 0. The Labute approximate surface area is 126 Å². The molecule has 0 saturated heterocycles. The van der Waals surface area contributed by atoms with Crippen LogP contribution in [0.25, 0.3) is 0 Å². The van der Waals surface area contributed by atoms with E-state index in [9.17, 15) is 4.79 Å². The number of carbonyl (C=O) groups is 1. The van der Waals surface area contributed by atoms with Gasteiger partial charge in [0.1, 0.15) is 6.04 Å². The molecule has 1 atom stereocenters. The average Bonchev–Trinajstić information content (AvgIpc) is 2.41. The van der Waals surface area contributed by atoms with E-state index < -0.39 is 0 Å². The molecule has 0 spiro atoms. The van der Waals surface area contributed by atoms with Crippen molar-refractivity contribution < 1.29 is 4.79 Å². The summed E-state index contributed by atoms with van der Waals surface area (Å²) in [5, 5.41) is 6.19. The van der Waals surface area contributed by atoms with Gasteiger partial charge in [-0.3, -0.25) is 4.79 Å². The molecule has 2 aromatic carbocycles. The molecule has 1 amide bonds. The maximum atomic E-state index is 12.3. The molecule has 0 aromatic heterocycles. The van der Waals surface area contributed by atoms with E-state index in [0.717, 1.165) is 16.9 Å². The highest BCUT2D eigenvalue weighted by Gasteiger charge is 2.13. The lowest BCUT2D eigenvalue weighted by Crippen LogP contribution is -2.32. The highest BCUT2D eigenvalue weighted by molar-refractivity contribution is 5.96. The van der Waals surface area contributed by atoms with Gasteiger partial charge < -0.3 is 10.6 Å². The van der Waals surface area contributed by atoms with Crippen molar-refractivity contribution in [1.82, 2.24) is 0 Å². The predicted octanol–water partition coefficient (Wildman–Crippen LogP) is 4.05. The van der Waals surface area contributed by atoms with Crippen LogP contribution in [0.1, 0.15) is 23.6 Å². The van der Waals surface area contributed by atoms with Crippen molar-refractivity contribution in [3.05, 3.63) is 59.2 Å². The molecule has 21 heavy (non-hydrogen) atoms. The quantitative estimate of drug-likeness (QED) is 0.888. The second-order valence-electron chi connectivity index (χ2n) is 5.54. The minimum atomic E-state index is -0.299. The smallest absolute Gasteiger partial charge is 0.246 e. The second-order valence-corrected chi connectivity index (χ2v) is 5.54. The number of carbonyl (C=O) groups excluding carboxylic acids is 1. The van der Waals surface area contributed by atoms with E-state index in [4.69, 9.17) is 0 Å². The first-order valence-corrected chi connectivity index (χ1v) is 7.17. The monoisotopic (exact) mass is 282 g/mol. The normalized spacial score (nSPS) is 11.8. The van der Waals surface area contributed by atoms with Crippen LogP contribution in [0.5, 0.6) is 0 Å². The summed E-state index contributed by atoms with van der Waals surface area (Å²) in [6, 6.07) is 13.7. The number of rotatable bonds is 4. The average molecular weight is 282 g/mol.